The SMILES string of the molecule is C[C@@H](NCc1cccc2cccnc12)c1ccc(F)cc1. The summed E-state index contributed by atoms with van der Waals surface area (Å²) in [7, 11) is 0. The monoisotopic (exact) mass is 280 g/mol. The first-order valence-corrected chi connectivity index (χ1v) is 7.05. The lowest BCUT2D eigenvalue weighted by Crippen LogP contribution is -2.18. The molecule has 2 aromatic carbocycles. The maximum absolute atomic E-state index is 12.9. The van der Waals surface area contributed by atoms with Gasteiger partial charge >= 0.3 is 0 Å². The summed E-state index contributed by atoms with van der Waals surface area (Å²) in [4.78, 5) is 4.45. The van der Waals surface area contributed by atoms with E-state index in [0.29, 0.717) is 0 Å². The van der Waals surface area contributed by atoms with E-state index in [1.54, 1.807) is 0 Å². The number of pyridine rings is 1. The Balaban J connectivity index is 1.76. The minimum Gasteiger partial charge on any atom is -0.306 e. The van der Waals surface area contributed by atoms with Gasteiger partial charge in [0.1, 0.15) is 5.82 Å². The maximum atomic E-state index is 12.9. The highest BCUT2D eigenvalue weighted by Crippen LogP contribution is 2.18. The number of fused-ring (bicyclic) bond motifs is 1. The summed E-state index contributed by atoms with van der Waals surface area (Å²) < 4.78 is 12.9. The molecule has 0 bridgehead atoms. The van der Waals surface area contributed by atoms with Crippen LogP contribution < -0.4 is 5.32 Å². The van der Waals surface area contributed by atoms with Crippen molar-refractivity contribution in [2.24, 2.45) is 0 Å². The van der Waals surface area contributed by atoms with Gasteiger partial charge in [0, 0.05) is 24.2 Å². The lowest BCUT2D eigenvalue weighted by Gasteiger charge is -2.15. The fourth-order valence-corrected chi connectivity index (χ4v) is 2.44. The van der Waals surface area contributed by atoms with Gasteiger partial charge in [-0.3, -0.25) is 4.98 Å². The molecular formula is C18H17FN2. The van der Waals surface area contributed by atoms with E-state index in [1.165, 1.54) is 17.7 Å². The Labute approximate surface area is 123 Å². The first-order valence-electron chi connectivity index (χ1n) is 7.05. The molecule has 0 unspecified atom stereocenters. The topological polar surface area (TPSA) is 24.9 Å². The van der Waals surface area contributed by atoms with Crippen LogP contribution in [0.2, 0.25) is 0 Å². The summed E-state index contributed by atoms with van der Waals surface area (Å²) in [6.45, 7) is 2.80. The van der Waals surface area contributed by atoms with Gasteiger partial charge in [-0.1, -0.05) is 36.4 Å². The van der Waals surface area contributed by atoms with Crippen molar-refractivity contribution in [2.75, 3.05) is 0 Å². The van der Waals surface area contributed by atoms with E-state index in [0.717, 1.165) is 23.0 Å². The van der Waals surface area contributed by atoms with E-state index in [-0.39, 0.29) is 11.9 Å². The van der Waals surface area contributed by atoms with Crippen LogP contribution in [0, 0.1) is 5.82 Å². The number of aromatic nitrogens is 1. The molecule has 0 aliphatic carbocycles. The van der Waals surface area contributed by atoms with Crippen molar-refractivity contribution in [1.29, 1.82) is 0 Å². The molecule has 3 aromatic rings. The van der Waals surface area contributed by atoms with E-state index in [1.807, 2.05) is 30.5 Å². The Morgan fingerprint density at radius 3 is 2.62 bits per heavy atom. The highest BCUT2D eigenvalue weighted by atomic mass is 19.1. The van der Waals surface area contributed by atoms with E-state index < -0.39 is 0 Å². The number of para-hydroxylation sites is 1. The number of nitrogens with zero attached hydrogens (tertiary/aromatic N) is 1. The molecule has 0 amide bonds. The molecule has 0 saturated carbocycles. The molecule has 0 saturated heterocycles. The lowest BCUT2D eigenvalue weighted by atomic mass is 10.1. The second-order valence-corrected chi connectivity index (χ2v) is 5.15. The van der Waals surface area contributed by atoms with Gasteiger partial charge in [-0.05, 0) is 36.2 Å². The predicted molar refractivity (Wildman–Crippen MR) is 83.4 cm³/mol. The molecule has 106 valence electrons. The van der Waals surface area contributed by atoms with Gasteiger partial charge in [-0.25, -0.2) is 4.39 Å². The number of hydrogen-bond donors (Lipinski definition) is 1. The first kappa shape index (κ1) is 13.7. The summed E-state index contributed by atoms with van der Waals surface area (Å²) in [6.07, 6.45) is 1.81. The van der Waals surface area contributed by atoms with Gasteiger partial charge in [0.15, 0.2) is 0 Å². The van der Waals surface area contributed by atoms with Crippen molar-refractivity contribution in [3.8, 4) is 0 Å². The average molecular weight is 280 g/mol. The third-order valence-electron chi connectivity index (χ3n) is 3.68. The molecule has 2 nitrogen and oxygen atoms in total. The molecule has 1 atom stereocenters. The number of halogens is 1. The van der Waals surface area contributed by atoms with Crippen LogP contribution in [0.15, 0.2) is 60.8 Å². The van der Waals surface area contributed by atoms with Crippen LogP contribution in [0.4, 0.5) is 4.39 Å². The van der Waals surface area contributed by atoms with Crippen LogP contribution in [-0.4, -0.2) is 4.98 Å². The minimum atomic E-state index is -0.204. The van der Waals surface area contributed by atoms with Crippen molar-refractivity contribution in [2.45, 2.75) is 19.5 Å². The summed E-state index contributed by atoms with van der Waals surface area (Å²) in [5, 5.41) is 4.61. The van der Waals surface area contributed by atoms with Crippen LogP contribution >= 0.6 is 0 Å². The third kappa shape index (κ3) is 3.09. The molecule has 21 heavy (non-hydrogen) atoms. The molecule has 0 spiro atoms. The van der Waals surface area contributed by atoms with Crippen LogP contribution in [0.5, 0.6) is 0 Å². The zero-order chi connectivity index (χ0) is 14.7. The Bertz CT molecular complexity index is 732. The van der Waals surface area contributed by atoms with Crippen LogP contribution in [0.1, 0.15) is 24.1 Å². The van der Waals surface area contributed by atoms with Gasteiger partial charge in [-0.2, -0.15) is 0 Å². The summed E-state index contributed by atoms with van der Waals surface area (Å²) >= 11 is 0. The smallest absolute Gasteiger partial charge is 0.123 e. The van der Waals surface area contributed by atoms with E-state index in [9.17, 15) is 4.39 Å². The normalized spacial score (nSPS) is 12.5. The van der Waals surface area contributed by atoms with Crippen LogP contribution in [-0.2, 0) is 6.54 Å². The van der Waals surface area contributed by atoms with Crippen molar-refractivity contribution in [1.82, 2.24) is 10.3 Å². The zero-order valence-electron chi connectivity index (χ0n) is 11.9. The van der Waals surface area contributed by atoms with E-state index in [4.69, 9.17) is 0 Å². The molecule has 1 aromatic heterocycles. The van der Waals surface area contributed by atoms with E-state index >= 15 is 0 Å². The molecule has 0 fully saturated rings. The molecule has 0 aliphatic heterocycles. The Morgan fingerprint density at radius 2 is 1.81 bits per heavy atom. The third-order valence-corrected chi connectivity index (χ3v) is 3.68. The van der Waals surface area contributed by atoms with Gasteiger partial charge in [0.05, 0.1) is 5.52 Å². The van der Waals surface area contributed by atoms with Gasteiger partial charge in [0.2, 0.25) is 0 Å². The summed E-state index contributed by atoms with van der Waals surface area (Å²) in [5.74, 6) is -0.204. The molecule has 3 rings (SSSR count). The Hall–Kier alpha value is -2.26. The lowest BCUT2D eigenvalue weighted by molar-refractivity contribution is 0.572. The number of rotatable bonds is 4. The fraction of sp³-hybridized carbons (Fsp3) is 0.167. The highest BCUT2D eigenvalue weighted by molar-refractivity contribution is 5.81. The fourth-order valence-electron chi connectivity index (χ4n) is 2.44. The second-order valence-electron chi connectivity index (χ2n) is 5.15. The number of benzene rings is 2. The van der Waals surface area contributed by atoms with Gasteiger partial charge in [0.25, 0.3) is 0 Å². The number of hydrogen-bond acceptors (Lipinski definition) is 2. The Morgan fingerprint density at radius 1 is 1.05 bits per heavy atom. The van der Waals surface area contributed by atoms with Crippen molar-refractivity contribution < 1.29 is 4.39 Å². The maximum Gasteiger partial charge on any atom is 0.123 e. The van der Waals surface area contributed by atoms with Crippen molar-refractivity contribution in [3.63, 3.8) is 0 Å². The first-order chi connectivity index (χ1) is 10.2. The van der Waals surface area contributed by atoms with Crippen LogP contribution in [0.3, 0.4) is 0 Å². The molecular weight excluding hydrogens is 263 g/mol. The van der Waals surface area contributed by atoms with Gasteiger partial charge < -0.3 is 5.32 Å². The summed E-state index contributed by atoms with van der Waals surface area (Å²) in [6, 6.07) is 17.0. The quantitative estimate of drug-likeness (QED) is 0.773. The molecule has 1 heterocycles. The summed E-state index contributed by atoms with van der Waals surface area (Å²) in [5.41, 5.74) is 3.27. The van der Waals surface area contributed by atoms with Crippen molar-refractivity contribution >= 4 is 10.9 Å². The highest BCUT2D eigenvalue weighted by Gasteiger charge is 2.07. The largest absolute Gasteiger partial charge is 0.306 e. The van der Waals surface area contributed by atoms with E-state index in [2.05, 4.69) is 35.4 Å². The standard InChI is InChI=1S/C18H17FN2/c1-13(14-7-9-17(19)10-8-14)21-12-16-5-2-4-15-6-3-11-20-18(15)16/h2-11,13,21H,12H2,1H3/t13-/m1/s1. The Kier molecular flexibility index (Phi) is 3.93. The minimum absolute atomic E-state index is 0.157. The molecule has 3 heteroatoms. The second kappa shape index (κ2) is 6.02. The molecule has 0 aliphatic rings. The average Bonchev–Trinajstić information content (AvgIpc) is 2.53. The predicted octanol–water partition coefficient (Wildman–Crippen LogP) is 4.22. The molecule has 0 radical (unpaired) electrons. The van der Waals surface area contributed by atoms with Crippen molar-refractivity contribution in [3.05, 3.63) is 77.7 Å². The zero-order valence-corrected chi connectivity index (χ0v) is 11.9. The molecule has 1 N–H and O–H groups in total. The van der Waals surface area contributed by atoms with Crippen LogP contribution in [0.25, 0.3) is 10.9 Å². The van der Waals surface area contributed by atoms with Gasteiger partial charge in [-0.15, -0.1) is 0 Å². The number of nitrogens with one attached hydrogen (secondary N) is 1.